The first kappa shape index (κ1) is 9.21. The highest BCUT2D eigenvalue weighted by Gasteiger charge is 2.19. The predicted octanol–water partition coefficient (Wildman–Crippen LogP) is 0.704. The molecule has 0 spiro atoms. The lowest BCUT2D eigenvalue weighted by Crippen LogP contribution is -2.28. The molecule has 1 aliphatic rings. The number of aliphatic hydroxyl groups excluding tert-OH is 2. The van der Waals surface area contributed by atoms with Gasteiger partial charge in [0.05, 0.1) is 12.2 Å². The fourth-order valence-corrected chi connectivity index (χ4v) is 1.09. The van der Waals surface area contributed by atoms with Crippen molar-refractivity contribution in [2.24, 2.45) is 0 Å². The minimum atomic E-state index is -0.441. The van der Waals surface area contributed by atoms with Crippen LogP contribution in [-0.2, 0) is 0 Å². The van der Waals surface area contributed by atoms with Crippen LogP contribution >= 0.6 is 12.4 Å². The van der Waals surface area contributed by atoms with Gasteiger partial charge >= 0.3 is 0 Å². The zero-order chi connectivity index (χ0) is 5.98. The Morgan fingerprint density at radius 2 is 1.22 bits per heavy atom. The summed E-state index contributed by atoms with van der Waals surface area (Å²) < 4.78 is 0. The molecule has 0 aromatic heterocycles. The van der Waals surface area contributed by atoms with Gasteiger partial charge in [0.25, 0.3) is 0 Å². The van der Waals surface area contributed by atoms with E-state index in [4.69, 9.17) is 10.2 Å². The highest BCUT2D eigenvalue weighted by molar-refractivity contribution is 5.85. The van der Waals surface area contributed by atoms with E-state index >= 15 is 0 Å². The van der Waals surface area contributed by atoms with Gasteiger partial charge in [0.2, 0.25) is 0 Å². The Bertz CT molecular complexity index is 67.5. The van der Waals surface area contributed by atoms with Gasteiger partial charge in [-0.3, -0.25) is 0 Å². The van der Waals surface area contributed by atoms with Gasteiger partial charge in [-0.2, -0.15) is 0 Å². The van der Waals surface area contributed by atoms with Crippen molar-refractivity contribution >= 4 is 12.4 Å². The first-order valence-electron chi connectivity index (χ1n) is 3.17. The monoisotopic (exact) mass is 152 g/mol. The Balaban J connectivity index is 0.000000640. The van der Waals surface area contributed by atoms with Crippen LogP contribution in [0.2, 0.25) is 0 Å². The molecule has 0 heterocycles. The molecule has 9 heavy (non-hydrogen) atoms. The van der Waals surface area contributed by atoms with Crippen LogP contribution in [0, 0.1) is 0 Å². The summed E-state index contributed by atoms with van der Waals surface area (Å²) in [5.74, 6) is 0. The quantitative estimate of drug-likeness (QED) is 0.537. The number of aliphatic hydroxyl groups is 2. The molecule has 0 bridgehead atoms. The van der Waals surface area contributed by atoms with Crippen LogP contribution in [0.25, 0.3) is 0 Å². The smallest absolute Gasteiger partial charge is 0.0799 e. The molecule has 2 unspecified atom stereocenters. The molecule has 0 saturated heterocycles. The van der Waals surface area contributed by atoms with Gasteiger partial charge in [-0.25, -0.2) is 0 Å². The third-order valence-electron chi connectivity index (χ3n) is 1.69. The van der Waals surface area contributed by atoms with Crippen molar-refractivity contribution in [3.05, 3.63) is 0 Å². The van der Waals surface area contributed by atoms with Crippen LogP contribution in [-0.4, -0.2) is 22.4 Å². The lowest BCUT2D eigenvalue weighted by atomic mass is 9.95. The van der Waals surface area contributed by atoms with Crippen molar-refractivity contribution in [2.75, 3.05) is 0 Å². The zero-order valence-corrected chi connectivity index (χ0v) is 6.10. The van der Waals surface area contributed by atoms with Gasteiger partial charge in [0.1, 0.15) is 0 Å². The summed E-state index contributed by atoms with van der Waals surface area (Å²) in [6.07, 6.45) is 2.81. The molecule has 1 fully saturated rings. The molecule has 3 heteroatoms. The number of halogens is 1. The molecule has 1 rings (SSSR count). The standard InChI is InChI=1S/C6H12O2.ClH/c7-5-3-1-2-4-6(5)8;/h5-8H,1-4H2;1H. The predicted molar refractivity (Wildman–Crippen MR) is 37.7 cm³/mol. The Morgan fingerprint density at radius 1 is 0.889 bits per heavy atom. The van der Waals surface area contributed by atoms with Crippen molar-refractivity contribution in [3.8, 4) is 0 Å². The van der Waals surface area contributed by atoms with Gasteiger partial charge in [0.15, 0.2) is 0 Å². The Labute approximate surface area is 61.3 Å². The Kier molecular flexibility index (Phi) is 4.19. The first-order chi connectivity index (χ1) is 3.80. The van der Waals surface area contributed by atoms with Crippen LogP contribution < -0.4 is 0 Å². The molecular weight excluding hydrogens is 140 g/mol. The van der Waals surface area contributed by atoms with E-state index in [1.54, 1.807) is 0 Å². The van der Waals surface area contributed by atoms with Crippen LogP contribution in [0.3, 0.4) is 0 Å². The number of rotatable bonds is 0. The van der Waals surface area contributed by atoms with E-state index in [0.717, 1.165) is 25.7 Å². The fourth-order valence-electron chi connectivity index (χ4n) is 1.09. The molecule has 56 valence electrons. The van der Waals surface area contributed by atoms with E-state index in [1.807, 2.05) is 0 Å². The summed E-state index contributed by atoms with van der Waals surface area (Å²) in [6, 6.07) is 0. The molecule has 1 saturated carbocycles. The summed E-state index contributed by atoms with van der Waals surface area (Å²) in [5, 5.41) is 17.9. The van der Waals surface area contributed by atoms with Gasteiger partial charge in [0, 0.05) is 0 Å². The van der Waals surface area contributed by atoms with E-state index in [9.17, 15) is 0 Å². The average Bonchev–Trinajstić information content (AvgIpc) is 1.77. The van der Waals surface area contributed by atoms with Crippen LogP contribution in [0.1, 0.15) is 25.7 Å². The van der Waals surface area contributed by atoms with E-state index in [1.165, 1.54) is 0 Å². The van der Waals surface area contributed by atoms with E-state index in [2.05, 4.69) is 0 Å². The van der Waals surface area contributed by atoms with Gasteiger partial charge in [-0.05, 0) is 12.8 Å². The summed E-state index contributed by atoms with van der Waals surface area (Å²) in [7, 11) is 0. The molecule has 0 aromatic rings. The number of hydrogen-bond donors (Lipinski definition) is 2. The highest BCUT2D eigenvalue weighted by Crippen LogP contribution is 2.17. The molecule has 2 N–H and O–H groups in total. The first-order valence-corrected chi connectivity index (χ1v) is 3.17. The molecule has 0 radical (unpaired) electrons. The number of hydrogen-bond acceptors (Lipinski definition) is 2. The maximum absolute atomic E-state index is 8.93. The molecular formula is C6H13ClO2. The topological polar surface area (TPSA) is 40.5 Å². The summed E-state index contributed by atoms with van der Waals surface area (Å²) in [6.45, 7) is 0. The normalized spacial score (nSPS) is 35.3. The van der Waals surface area contributed by atoms with Crippen molar-refractivity contribution in [1.82, 2.24) is 0 Å². The third-order valence-corrected chi connectivity index (χ3v) is 1.69. The van der Waals surface area contributed by atoms with Gasteiger partial charge < -0.3 is 10.2 Å². The molecule has 2 nitrogen and oxygen atoms in total. The molecule has 1 aliphatic carbocycles. The minimum Gasteiger partial charge on any atom is -0.390 e. The second-order valence-corrected chi connectivity index (χ2v) is 2.42. The minimum absolute atomic E-state index is 0. The molecule has 2 atom stereocenters. The van der Waals surface area contributed by atoms with Gasteiger partial charge in [-0.15, -0.1) is 12.4 Å². The molecule has 0 amide bonds. The maximum atomic E-state index is 8.93. The van der Waals surface area contributed by atoms with E-state index < -0.39 is 12.2 Å². The van der Waals surface area contributed by atoms with E-state index in [0.29, 0.717) is 0 Å². The summed E-state index contributed by atoms with van der Waals surface area (Å²) in [4.78, 5) is 0. The SMILES string of the molecule is Cl.OC1CCCCC1O. The summed E-state index contributed by atoms with van der Waals surface area (Å²) >= 11 is 0. The highest BCUT2D eigenvalue weighted by atomic mass is 35.5. The second kappa shape index (κ2) is 4.09. The zero-order valence-electron chi connectivity index (χ0n) is 5.29. The Hall–Kier alpha value is 0.210. The fraction of sp³-hybridized carbons (Fsp3) is 1.00. The van der Waals surface area contributed by atoms with Gasteiger partial charge in [-0.1, -0.05) is 12.8 Å². The van der Waals surface area contributed by atoms with Crippen molar-refractivity contribution in [2.45, 2.75) is 37.9 Å². The van der Waals surface area contributed by atoms with Crippen LogP contribution in [0.4, 0.5) is 0 Å². The molecule has 0 aliphatic heterocycles. The summed E-state index contributed by atoms with van der Waals surface area (Å²) in [5.41, 5.74) is 0. The Morgan fingerprint density at radius 3 is 1.44 bits per heavy atom. The largest absolute Gasteiger partial charge is 0.390 e. The van der Waals surface area contributed by atoms with E-state index in [-0.39, 0.29) is 12.4 Å². The molecule has 0 aromatic carbocycles. The van der Waals surface area contributed by atoms with Crippen LogP contribution in [0.15, 0.2) is 0 Å². The van der Waals surface area contributed by atoms with Crippen molar-refractivity contribution in [3.63, 3.8) is 0 Å². The average molecular weight is 153 g/mol. The van der Waals surface area contributed by atoms with Crippen molar-refractivity contribution < 1.29 is 10.2 Å². The maximum Gasteiger partial charge on any atom is 0.0799 e. The van der Waals surface area contributed by atoms with Crippen molar-refractivity contribution in [1.29, 1.82) is 0 Å². The lowest BCUT2D eigenvalue weighted by Gasteiger charge is -2.22. The third kappa shape index (κ3) is 2.52. The lowest BCUT2D eigenvalue weighted by molar-refractivity contribution is -0.00865. The second-order valence-electron chi connectivity index (χ2n) is 2.42. The van der Waals surface area contributed by atoms with Crippen LogP contribution in [0.5, 0.6) is 0 Å².